The van der Waals surface area contributed by atoms with Crippen LogP contribution in [0.25, 0.3) is 0 Å². The molecule has 2 fully saturated rings. The summed E-state index contributed by atoms with van der Waals surface area (Å²) in [7, 11) is 0. The Kier molecular flexibility index (Phi) is 7.92. The second-order valence-electron chi connectivity index (χ2n) is 5.62. The van der Waals surface area contributed by atoms with Crippen LogP contribution in [0, 0.1) is 5.92 Å². The summed E-state index contributed by atoms with van der Waals surface area (Å²) in [6.07, 6.45) is 6.92. The maximum atomic E-state index is 11.6. The number of carbonyl (C=O) groups excluding carboxylic acids is 2. The molecule has 5 nitrogen and oxygen atoms in total. The molecule has 2 rings (SSSR count). The highest BCUT2D eigenvalue weighted by Gasteiger charge is 2.24. The molecule has 1 saturated heterocycles. The van der Waals surface area contributed by atoms with Crippen LogP contribution in [0.2, 0.25) is 0 Å². The molecule has 1 saturated carbocycles. The SMILES string of the molecule is Cl.O=C(CC1CCCN1)NCCCNC(=O)C1CCC1. The van der Waals surface area contributed by atoms with E-state index in [9.17, 15) is 9.59 Å². The minimum absolute atomic E-state index is 0. The molecule has 2 amide bonds. The quantitative estimate of drug-likeness (QED) is 0.614. The molecular weight excluding hydrogens is 278 g/mol. The molecule has 3 N–H and O–H groups in total. The number of rotatable bonds is 7. The van der Waals surface area contributed by atoms with Gasteiger partial charge in [0.2, 0.25) is 11.8 Å². The van der Waals surface area contributed by atoms with E-state index in [0.717, 1.165) is 32.2 Å². The zero-order valence-electron chi connectivity index (χ0n) is 12.0. The molecule has 1 aliphatic heterocycles. The molecule has 1 aliphatic carbocycles. The van der Waals surface area contributed by atoms with E-state index in [1.165, 1.54) is 12.8 Å². The first-order valence-corrected chi connectivity index (χ1v) is 7.53. The highest BCUT2D eigenvalue weighted by molar-refractivity contribution is 5.85. The van der Waals surface area contributed by atoms with E-state index in [-0.39, 0.29) is 30.1 Å². The predicted octanol–water partition coefficient (Wildman–Crippen LogP) is 0.973. The van der Waals surface area contributed by atoms with Crippen molar-refractivity contribution in [2.45, 2.75) is 51.0 Å². The standard InChI is InChI=1S/C14H25N3O2.ClH/c18-13(10-12-6-2-7-15-12)16-8-3-9-17-14(19)11-4-1-5-11;/h11-12,15H,1-10H2,(H,16,18)(H,17,19);1H. The second-order valence-corrected chi connectivity index (χ2v) is 5.62. The summed E-state index contributed by atoms with van der Waals surface area (Å²) in [4.78, 5) is 23.2. The minimum atomic E-state index is 0. The van der Waals surface area contributed by atoms with E-state index in [4.69, 9.17) is 0 Å². The summed E-state index contributed by atoms with van der Waals surface area (Å²) in [5.74, 6) is 0.556. The lowest BCUT2D eigenvalue weighted by Gasteiger charge is -2.24. The third-order valence-electron chi connectivity index (χ3n) is 4.05. The van der Waals surface area contributed by atoms with Gasteiger partial charge in [-0.15, -0.1) is 12.4 Å². The van der Waals surface area contributed by atoms with Crippen LogP contribution in [-0.4, -0.2) is 37.5 Å². The molecule has 116 valence electrons. The van der Waals surface area contributed by atoms with E-state index < -0.39 is 0 Å². The summed E-state index contributed by atoms with van der Waals surface area (Å²) in [6.45, 7) is 2.35. The van der Waals surface area contributed by atoms with Gasteiger partial charge in [-0.2, -0.15) is 0 Å². The van der Waals surface area contributed by atoms with E-state index in [1.54, 1.807) is 0 Å². The van der Waals surface area contributed by atoms with Crippen molar-refractivity contribution in [2.24, 2.45) is 5.92 Å². The summed E-state index contributed by atoms with van der Waals surface area (Å²) >= 11 is 0. The number of hydrogen-bond donors (Lipinski definition) is 3. The Hall–Kier alpha value is -0.810. The molecule has 20 heavy (non-hydrogen) atoms. The molecule has 0 spiro atoms. The maximum absolute atomic E-state index is 11.6. The van der Waals surface area contributed by atoms with Crippen LogP contribution >= 0.6 is 12.4 Å². The number of hydrogen-bond acceptors (Lipinski definition) is 3. The first-order chi connectivity index (χ1) is 9.25. The fourth-order valence-electron chi connectivity index (χ4n) is 2.57. The Morgan fingerprint density at radius 3 is 2.40 bits per heavy atom. The molecule has 0 aromatic rings. The number of nitrogens with one attached hydrogen (secondary N) is 3. The third-order valence-corrected chi connectivity index (χ3v) is 4.05. The normalized spacial score (nSPS) is 21.7. The van der Waals surface area contributed by atoms with E-state index in [0.29, 0.717) is 25.6 Å². The maximum Gasteiger partial charge on any atom is 0.223 e. The average Bonchev–Trinajstić information content (AvgIpc) is 2.79. The van der Waals surface area contributed by atoms with Gasteiger partial charge in [0.05, 0.1) is 0 Å². The summed E-state index contributed by atoms with van der Waals surface area (Å²) in [5, 5.41) is 9.15. The fourth-order valence-corrected chi connectivity index (χ4v) is 2.57. The van der Waals surface area contributed by atoms with Crippen LogP contribution in [0.4, 0.5) is 0 Å². The van der Waals surface area contributed by atoms with Gasteiger partial charge < -0.3 is 16.0 Å². The lowest BCUT2D eigenvalue weighted by Crippen LogP contribution is -2.37. The topological polar surface area (TPSA) is 70.2 Å². The molecule has 0 radical (unpaired) electrons. The Balaban J connectivity index is 0.00000200. The summed E-state index contributed by atoms with van der Waals surface area (Å²) in [6, 6.07) is 0.360. The van der Waals surface area contributed by atoms with Gasteiger partial charge in [0.1, 0.15) is 0 Å². The lowest BCUT2D eigenvalue weighted by molar-refractivity contribution is -0.127. The van der Waals surface area contributed by atoms with Gasteiger partial charge in [-0.25, -0.2) is 0 Å². The van der Waals surface area contributed by atoms with Gasteiger partial charge in [-0.3, -0.25) is 9.59 Å². The zero-order chi connectivity index (χ0) is 13.5. The molecule has 0 bridgehead atoms. The Labute approximate surface area is 127 Å². The molecular formula is C14H26ClN3O2. The van der Waals surface area contributed by atoms with Crippen molar-refractivity contribution in [1.29, 1.82) is 0 Å². The van der Waals surface area contributed by atoms with Crippen LogP contribution in [0.3, 0.4) is 0 Å². The largest absolute Gasteiger partial charge is 0.356 e. The highest BCUT2D eigenvalue weighted by atomic mass is 35.5. The Morgan fingerprint density at radius 1 is 1.05 bits per heavy atom. The molecule has 1 atom stereocenters. The van der Waals surface area contributed by atoms with Crippen LogP contribution < -0.4 is 16.0 Å². The first-order valence-electron chi connectivity index (χ1n) is 7.53. The van der Waals surface area contributed by atoms with Gasteiger partial charge in [0.15, 0.2) is 0 Å². The third kappa shape index (κ3) is 5.67. The highest BCUT2D eigenvalue weighted by Crippen LogP contribution is 2.25. The van der Waals surface area contributed by atoms with Crippen molar-refractivity contribution >= 4 is 24.2 Å². The number of halogens is 1. The van der Waals surface area contributed by atoms with Crippen LogP contribution in [0.5, 0.6) is 0 Å². The van der Waals surface area contributed by atoms with Crippen LogP contribution in [-0.2, 0) is 9.59 Å². The summed E-state index contributed by atoms with van der Waals surface area (Å²) in [5.41, 5.74) is 0. The van der Waals surface area contributed by atoms with E-state index in [2.05, 4.69) is 16.0 Å². The fraction of sp³-hybridized carbons (Fsp3) is 0.857. The predicted molar refractivity (Wildman–Crippen MR) is 80.9 cm³/mol. The lowest BCUT2D eigenvalue weighted by atomic mass is 9.85. The van der Waals surface area contributed by atoms with E-state index >= 15 is 0 Å². The van der Waals surface area contributed by atoms with Gasteiger partial charge in [-0.1, -0.05) is 6.42 Å². The smallest absolute Gasteiger partial charge is 0.223 e. The summed E-state index contributed by atoms with van der Waals surface area (Å²) < 4.78 is 0. The van der Waals surface area contributed by atoms with Crippen molar-refractivity contribution in [3.63, 3.8) is 0 Å². The molecule has 0 aromatic heterocycles. The van der Waals surface area contributed by atoms with Crippen molar-refractivity contribution in [3.05, 3.63) is 0 Å². The molecule has 6 heteroatoms. The monoisotopic (exact) mass is 303 g/mol. The molecule has 0 aromatic carbocycles. The van der Waals surface area contributed by atoms with Crippen LogP contribution in [0.1, 0.15) is 44.9 Å². The Bertz CT molecular complexity index is 316. The van der Waals surface area contributed by atoms with Crippen molar-refractivity contribution < 1.29 is 9.59 Å². The first kappa shape index (κ1) is 17.2. The second kappa shape index (κ2) is 9.19. The molecule has 1 unspecified atom stereocenters. The van der Waals surface area contributed by atoms with Gasteiger partial charge in [0.25, 0.3) is 0 Å². The van der Waals surface area contributed by atoms with Gasteiger partial charge >= 0.3 is 0 Å². The van der Waals surface area contributed by atoms with Crippen molar-refractivity contribution in [3.8, 4) is 0 Å². The Morgan fingerprint density at radius 2 is 1.80 bits per heavy atom. The van der Waals surface area contributed by atoms with Crippen LogP contribution in [0.15, 0.2) is 0 Å². The zero-order valence-corrected chi connectivity index (χ0v) is 12.8. The van der Waals surface area contributed by atoms with E-state index in [1.807, 2.05) is 0 Å². The molecule has 2 aliphatic rings. The number of carbonyl (C=O) groups is 2. The van der Waals surface area contributed by atoms with Gasteiger partial charge in [0, 0.05) is 31.5 Å². The molecule has 1 heterocycles. The van der Waals surface area contributed by atoms with Gasteiger partial charge in [-0.05, 0) is 38.6 Å². The number of amides is 2. The van der Waals surface area contributed by atoms with Crippen molar-refractivity contribution in [1.82, 2.24) is 16.0 Å². The average molecular weight is 304 g/mol. The minimum Gasteiger partial charge on any atom is -0.356 e. The van der Waals surface area contributed by atoms with Crippen molar-refractivity contribution in [2.75, 3.05) is 19.6 Å².